The summed E-state index contributed by atoms with van der Waals surface area (Å²) in [6, 6.07) is 12.8. The van der Waals surface area contributed by atoms with E-state index in [0.29, 0.717) is 33.9 Å². The second kappa shape index (κ2) is 9.97. The van der Waals surface area contributed by atoms with E-state index in [1.54, 1.807) is 61.8 Å². The van der Waals surface area contributed by atoms with E-state index >= 15 is 0 Å². The number of amides is 1. The van der Waals surface area contributed by atoms with E-state index in [9.17, 15) is 14.4 Å². The van der Waals surface area contributed by atoms with Crippen LogP contribution in [0.3, 0.4) is 0 Å². The van der Waals surface area contributed by atoms with Crippen molar-refractivity contribution in [2.45, 2.75) is 19.5 Å². The van der Waals surface area contributed by atoms with Gasteiger partial charge in [0.25, 0.3) is 5.91 Å². The number of methoxy groups -OCH3 is 3. The zero-order valence-electron chi connectivity index (χ0n) is 20.0. The number of aromatic nitrogens is 1. The Labute approximate surface area is 203 Å². The summed E-state index contributed by atoms with van der Waals surface area (Å²) in [4.78, 5) is 46.0. The number of hydrogen-bond donors (Lipinski definition) is 0. The highest BCUT2D eigenvalue weighted by atomic mass is 16.5. The molecule has 0 bridgehead atoms. The number of aryl methyl sites for hydroxylation is 1. The maximum absolute atomic E-state index is 13.8. The standard InChI is InChI=1S/C27H26N2O6/c1-16-12-18(33-2)7-9-20(16)25(30)23-24(21-10-8-19(34-3)13-22(21)35-4)29(27(32)26(23)31)15-17-6-5-11-28-14-17/h5-14,23-24H,15H2,1-4H3. The van der Waals surface area contributed by atoms with Crippen LogP contribution in [0.5, 0.6) is 17.2 Å². The number of benzene rings is 2. The number of rotatable bonds is 8. The van der Waals surface area contributed by atoms with Gasteiger partial charge in [-0.05, 0) is 54.4 Å². The van der Waals surface area contributed by atoms with Gasteiger partial charge in [0.2, 0.25) is 5.78 Å². The van der Waals surface area contributed by atoms with Gasteiger partial charge in [-0.25, -0.2) is 0 Å². The summed E-state index contributed by atoms with van der Waals surface area (Å²) >= 11 is 0. The molecule has 35 heavy (non-hydrogen) atoms. The third-order valence-corrected chi connectivity index (χ3v) is 6.22. The number of carbonyl (C=O) groups excluding carboxylic acids is 3. The average Bonchev–Trinajstić information content (AvgIpc) is 3.13. The monoisotopic (exact) mass is 474 g/mol. The molecule has 8 nitrogen and oxygen atoms in total. The van der Waals surface area contributed by atoms with Crippen LogP contribution in [0.15, 0.2) is 60.9 Å². The fraction of sp³-hybridized carbons (Fsp3) is 0.259. The Hall–Kier alpha value is -4.20. The molecule has 0 N–H and O–H groups in total. The quantitative estimate of drug-likeness (QED) is 0.280. The third-order valence-electron chi connectivity index (χ3n) is 6.22. The van der Waals surface area contributed by atoms with Gasteiger partial charge in [-0.15, -0.1) is 0 Å². The van der Waals surface area contributed by atoms with Gasteiger partial charge in [-0.1, -0.05) is 6.07 Å². The predicted molar refractivity (Wildman–Crippen MR) is 128 cm³/mol. The first-order valence-electron chi connectivity index (χ1n) is 11.0. The van der Waals surface area contributed by atoms with Crippen molar-refractivity contribution in [2.75, 3.05) is 21.3 Å². The third kappa shape index (κ3) is 4.47. The van der Waals surface area contributed by atoms with E-state index in [0.717, 1.165) is 5.56 Å². The van der Waals surface area contributed by atoms with E-state index in [1.165, 1.54) is 26.2 Å². The minimum absolute atomic E-state index is 0.115. The van der Waals surface area contributed by atoms with Crippen molar-refractivity contribution in [3.63, 3.8) is 0 Å². The lowest BCUT2D eigenvalue weighted by atomic mass is 9.84. The average molecular weight is 475 g/mol. The number of carbonyl (C=O) groups is 3. The van der Waals surface area contributed by atoms with Crippen LogP contribution in [0.4, 0.5) is 0 Å². The van der Waals surface area contributed by atoms with Crippen molar-refractivity contribution in [3.05, 3.63) is 83.2 Å². The SMILES string of the molecule is COc1ccc(C(=O)C2C(=O)C(=O)N(Cc3cccnc3)C2c2ccc(OC)cc2OC)c(C)c1. The summed E-state index contributed by atoms with van der Waals surface area (Å²) in [5, 5.41) is 0. The molecule has 0 radical (unpaired) electrons. The van der Waals surface area contributed by atoms with Crippen molar-refractivity contribution in [1.82, 2.24) is 9.88 Å². The van der Waals surface area contributed by atoms with Crippen molar-refractivity contribution in [3.8, 4) is 17.2 Å². The molecule has 8 heteroatoms. The molecule has 1 fully saturated rings. The molecule has 1 aliphatic heterocycles. The fourth-order valence-corrected chi connectivity index (χ4v) is 4.46. The minimum Gasteiger partial charge on any atom is -0.497 e. The largest absolute Gasteiger partial charge is 0.497 e. The normalized spacial score (nSPS) is 17.4. The Balaban J connectivity index is 1.85. The molecule has 1 aromatic heterocycles. The number of ether oxygens (including phenoxy) is 3. The second-order valence-corrected chi connectivity index (χ2v) is 8.23. The summed E-state index contributed by atoms with van der Waals surface area (Å²) in [5.74, 6) is -1.59. The maximum Gasteiger partial charge on any atom is 0.291 e. The molecule has 2 aromatic carbocycles. The van der Waals surface area contributed by atoms with Crippen LogP contribution >= 0.6 is 0 Å². The second-order valence-electron chi connectivity index (χ2n) is 8.23. The van der Waals surface area contributed by atoms with E-state index in [2.05, 4.69) is 4.98 Å². The number of likely N-dealkylation sites (tertiary alicyclic amines) is 1. The number of ketones is 2. The summed E-state index contributed by atoms with van der Waals surface area (Å²) in [6.45, 7) is 1.89. The lowest BCUT2D eigenvalue weighted by Gasteiger charge is -2.28. The van der Waals surface area contributed by atoms with Crippen LogP contribution in [-0.2, 0) is 16.1 Å². The Morgan fingerprint density at radius 1 is 0.971 bits per heavy atom. The molecular weight excluding hydrogens is 448 g/mol. The highest BCUT2D eigenvalue weighted by molar-refractivity contribution is 6.44. The van der Waals surface area contributed by atoms with E-state index in [-0.39, 0.29) is 6.54 Å². The molecule has 4 rings (SSSR count). The molecule has 0 aliphatic carbocycles. The lowest BCUT2D eigenvalue weighted by molar-refractivity contribution is -0.141. The van der Waals surface area contributed by atoms with Gasteiger partial charge < -0.3 is 19.1 Å². The first kappa shape index (κ1) is 23.9. The Bertz CT molecular complexity index is 1270. The molecule has 2 atom stereocenters. The first-order valence-corrected chi connectivity index (χ1v) is 11.0. The van der Waals surface area contributed by atoms with Crippen LogP contribution in [-0.4, -0.2) is 48.7 Å². The van der Waals surface area contributed by atoms with Gasteiger partial charge in [0.15, 0.2) is 5.78 Å². The fourth-order valence-electron chi connectivity index (χ4n) is 4.46. The first-order chi connectivity index (χ1) is 16.9. The Morgan fingerprint density at radius 2 is 1.69 bits per heavy atom. The molecule has 1 amide bonds. The van der Waals surface area contributed by atoms with E-state index < -0.39 is 29.4 Å². The number of pyridine rings is 1. The molecule has 0 spiro atoms. The Morgan fingerprint density at radius 3 is 2.31 bits per heavy atom. The van der Waals surface area contributed by atoms with Crippen LogP contribution in [0.2, 0.25) is 0 Å². The number of nitrogens with zero attached hydrogens (tertiary/aromatic N) is 2. The number of hydrogen-bond acceptors (Lipinski definition) is 7. The molecular formula is C27H26N2O6. The highest BCUT2D eigenvalue weighted by Gasteiger charge is 2.52. The molecule has 2 heterocycles. The van der Waals surface area contributed by atoms with E-state index in [1.807, 2.05) is 6.07 Å². The summed E-state index contributed by atoms with van der Waals surface area (Å²) in [7, 11) is 4.56. The van der Waals surface area contributed by atoms with Gasteiger partial charge >= 0.3 is 0 Å². The van der Waals surface area contributed by atoms with Crippen LogP contribution in [0.1, 0.15) is 33.1 Å². The Kier molecular flexibility index (Phi) is 6.82. The maximum atomic E-state index is 13.8. The molecule has 1 aliphatic rings. The minimum atomic E-state index is -1.24. The summed E-state index contributed by atoms with van der Waals surface area (Å²) < 4.78 is 16.1. The van der Waals surface area contributed by atoms with Gasteiger partial charge in [0, 0.05) is 36.1 Å². The van der Waals surface area contributed by atoms with Gasteiger partial charge in [0.05, 0.1) is 27.4 Å². The van der Waals surface area contributed by atoms with Gasteiger partial charge in [-0.3, -0.25) is 19.4 Å². The zero-order valence-corrected chi connectivity index (χ0v) is 20.0. The molecule has 1 saturated heterocycles. The van der Waals surface area contributed by atoms with E-state index in [4.69, 9.17) is 14.2 Å². The van der Waals surface area contributed by atoms with Gasteiger partial charge in [0.1, 0.15) is 23.2 Å². The van der Waals surface area contributed by atoms with Crippen LogP contribution < -0.4 is 14.2 Å². The molecule has 0 saturated carbocycles. The van der Waals surface area contributed by atoms with Crippen LogP contribution in [0, 0.1) is 12.8 Å². The van der Waals surface area contributed by atoms with Crippen molar-refractivity contribution >= 4 is 17.5 Å². The molecule has 180 valence electrons. The molecule has 2 unspecified atom stereocenters. The summed E-state index contributed by atoms with van der Waals surface area (Å²) in [6.07, 6.45) is 3.26. The van der Waals surface area contributed by atoms with Crippen LogP contribution in [0.25, 0.3) is 0 Å². The van der Waals surface area contributed by atoms with Crippen molar-refractivity contribution in [2.24, 2.45) is 5.92 Å². The lowest BCUT2D eigenvalue weighted by Crippen LogP contribution is -2.31. The summed E-state index contributed by atoms with van der Waals surface area (Å²) in [5.41, 5.74) is 2.29. The molecule has 3 aromatic rings. The highest BCUT2D eigenvalue weighted by Crippen LogP contribution is 2.44. The predicted octanol–water partition coefficient (Wildman–Crippen LogP) is 3.57. The van der Waals surface area contributed by atoms with Crippen molar-refractivity contribution in [1.29, 1.82) is 0 Å². The van der Waals surface area contributed by atoms with Crippen molar-refractivity contribution < 1.29 is 28.6 Å². The smallest absolute Gasteiger partial charge is 0.291 e. The zero-order chi connectivity index (χ0) is 25.1. The van der Waals surface area contributed by atoms with Gasteiger partial charge in [-0.2, -0.15) is 0 Å². The topological polar surface area (TPSA) is 95.0 Å². The number of Topliss-reactive ketones (excluding diaryl/α,β-unsaturated/α-hetero) is 2.